The smallest absolute Gasteiger partial charge is 0.307 e. The third-order valence-corrected chi connectivity index (χ3v) is 2.83. The molecule has 0 saturated carbocycles. The van der Waals surface area contributed by atoms with Crippen molar-refractivity contribution in [2.45, 2.75) is 39.7 Å². The molecule has 0 bridgehead atoms. The number of benzene rings is 1. The highest BCUT2D eigenvalue weighted by atomic mass is 16.5. The third-order valence-electron chi connectivity index (χ3n) is 2.83. The number of esters is 1. The topological polar surface area (TPSA) is 47.6 Å². The van der Waals surface area contributed by atoms with Crippen LogP contribution in [-0.2, 0) is 16.1 Å². The number of nitrogens with one attached hydrogen (secondary N) is 1. The first kappa shape index (κ1) is 16.5. The van der Waals surface area contributed by atoms with E-state index in [0.29, 0.717) is 19.6 Å². The SMILES string of the molecule is CCCCOc1ccc(CNCCC(=O)OCC)cc1. The fourth-order valence-electron chi connectivity index (χ4n) is 1.69. The van der Waals surface area contributed by atoms with Gasteiger partial charge in [0.25, 0.3) is 0 Å². The summed E-state index contributed by atoms with van der Waals surface area (Å²) in [7, 11) is 0. The fraction of sp³-hybridized carbons (Fsp3) is 0.562. The maximum Gasteiger partial charge on any atom is 0.307 e. The Bertz CT molecular complexity index is 376. The summed E-state index contributed by atoms with van der Waals surface area (Å²) >= 11 is 0. The van der Waals surface area contributed by atoms with Gasteiger partial charge in [0, 0.05) is 13.1 Å². The molecule has 0 heterocycles. The van der Waals surface area contributed by atoms with Crippen LogP contribution in [0.5, 0.6) is 5.75 Å². The molecule has 0 amide bonds. The number of carbonyl (C=O) groups excluding carboxylic acids is 1. The summed E-state index contributed by atoms with van der Waals surface area (Å²) in [5.41, 5.74) is 1.18. The lowest BCUT2D eigenvalue weighted by atomic mass is 10.2. The van der Waals surface area contributed by atoms with Gasteiger partial charge in [-0.05, 0) is 31.0 Å². The predicted molar refractivity (Wildman–Crippen MR) is 79.8 cm³/mol. The van der Waals surface area contributed by atoms with E-state index in [1.54, 1.807) is 0 Å². The molecular weight excluding hydrogens is 254 g/mol. The highest BCUT2D eigenvalue weighted by Crippen LogP contribution is 2.12. The van der Waals surface area contributed by atoms with Crippen LogP contribution in [0.3, 0.4) is 0 Å². The molecule has 0 fully saturated rings. The van der Waals surface area contributed by atoms with Crippen LogP contribution in [0.25, 0.3) is 0 Å². The van der Waals surface area contributed by atoms with Crippen LogP contribution in [0.1, 0.15) is 38.7 Å². The van der Waals surface area contributed by atoms with Crippen molar-refractivity contribution in [2.24, 2.45) is 0 Å². The van der Waals surface area contributed by atoms with Gasteiger partial charge in [-0.1, -0.05) is 25.5 Å². The quantitative estimate of drug-likeness (QED) is 0.528. The Morgan fingerprint density at radius 3 is 2.60 bits per heavy atom. The van der Waals surface area contributed by atoms with Crippen molar-refractivity contribution in [2.75, 3.05) is 19.8 Å². The Morgan fingerprint density at radius 2 is 1.95 bits per heavy atom. The monoisotopic (exact) mass is 279 g/mol. The van der Waals surface area contributed by atoms with Crippen molar-refractivity contribution in [3.05, 3.63) is 29.8 Å². The molecule has 1 aromatic carbocycles. The van der Waals surface area contributed by atoms with Crippen molar-refractivity contribution >= 4 is 5.97 Å². The molecule has 0 atom stereocenters. The first-order valence-corrected chi connectivity index (χ1v) is 7.34. The molecule has 4 heteroatoms. The molecule has 0 unspecified atom stereocenters. The minimum atomic E-state index is -0.153. The van der Waals surface area contributed by atoms with E-state index >= 15 is 0 Å². The third kappa shape index (κ3) is 7.14. The number of hydrogen-bond acceptors (Lipinski definition) is 4. The van der Waals surface area contributed by atoms with Gasteiger partial charge in [0.2, 0.25) is 0 Å². The minimum absolute atomic E-state index is 0.153. The van der Waals surface area contributed by atoms with Gasteiger partial charge in [0.05, 0.1) is 19.6 Å². The van der Waals surface area contributed by atoms with E-state index < -0.39 is 0 Å². The lowest BCUT2D eigenvalue weighted by Crippen LogP contribution is -2.19. The van der Waals surface area contributed by atoms with Crippen LogP contribution in [-0.4, -0.2) is 25.7 Å². The van der Waals surface area contributed by atoms with E-state index in [1.807, 2.05) is 31.2 Å². The van der Waals surface area contributed by atoms with Gasteiger partial charge in [0.1, 0.15) is 5.75 Å². The molecule has 1 rings (SSSR count). The Labute approximate surface area is 121 Å². The van der Waals surface area contributed by atoms with Crippen molar-refractivity contribution < 1.29 is 14.3 Å². The molecule has 0 radical (unpaired) electrons. The van der Waals surface area contributed by atoms with Crippen LogP contribution in [0.15, 0.2) is 24.3 Å². The van der Waals surface area contributed by atoms with Crippen molar-refractivity contribution in [1.29, 1.82) is 0 Å². The van der Waals surface area contributed by atoms with E-state index in [1.165, 1.54) is 5.56 Å². The molecule has 20 heavy (non-hydrogen) atoms. The van der Waals surface area contributed by atoms with Gasteiger partial charge in [-0.3, -0.25) is 4.79 Å². The maximum atomic E-state index is 11.1. The second-order valence-electron chi connectivity index (χ2n) is 4.58. The standard InChI is InChI=1S/C16H25NO3/c1-3-5-12-20-15-8-6-14(7-9-15)13-17-11-10-16(18)19-4-2/h6-9,17H,3-5,10-13H2,1-2H3. The van der Waals surface area contributed by atoms with Gasteiger partial charge in [-0.25, -0.2) is 0 Å². The Hall–Kier alpha value is -1.55. The van der Waals surface area contributed by atoms with E-state index in [4.69, 9.17) is 9.47 Å². The second kappa shape index (κ2) is 10.3. The zero-order valence-electron chi connectivity index (χ0n) is 12.5. The summed E-state index contributed by atoms with van der Waals surface area (Å²) in [5.74, 6) is 0.758. The Kier molecular flexibility index (Phi) is 8.47. The van der Waals surface area contributed by atoms with Gasteiger partial charge >= 0.3 is 5.97 Å². The minimum Gasteiger partial charge on any atom is -0.494 e. The average molecular weight is 279 g/mol. The lowest BCUT2D eigenvalue weighted by Gasteiger charge is -2.07. The highest BCUT2D eigenvalue weighted by Gasteiger charge is 2.00. The highest BCUT2D eigenvalue weighted by molar-refractivity contribution is 5.69. The lowest BCUT2D eigenvalue weighted by molar-refractivity contribution is -0.142. The van der Waals surface area contributed by atoms with Gasteiger partial charge < -0.3 is 14.8 Å². The molecule has 112 valence electrons. The largest absolute Gasteiger partial charge is 0.494 e. The molecule has 0 saturated heterocycles. The molecule has 0 aliphatic heterocycles. The van der Waals surface area contributed by atoms with Crippen LogP contribution in [0.2, 0.25) is 0 Å². The molecule has 0 aliphatic rings. The van der Waals surface area contributed by atoms with Crippen LogP contribution < -0.4 is 10.1 Å². The molecule has 0 spiro atoms. The van der Waals surface area contributed by atoms with E-state index in [2.05, 4.69) is 12.2 Å². The van der Waals surface area contributed by atoms with Crippen molar-refractivity contribution in [3.8, 4) is 5.75 Å². The van der Waals surface area contributed by atoms with Crippen LogP contribution >= 0.6 is 0 Å². The van der Waals surface area contributed by atoms with Crippen LogP contribution in [0.4, 0.5) is 0 Å². The zero-order chi connectivity index (χ0) is 14.6. The molecular formula is C16H25NO3. The van der Waals surface area contributed by atoms with Gasteiger partial charge in [0.15, 0.2) is 0 Å². The van der Waals surface area contributed by atoms with E-state index in [-0.39, 0.29) is 5.97 Å². The zero-order valence-corrected chi connectivity index (χ0v) is 12.5. The molecule has 1 N–H and O–H groups in total. The number of ether oxygens (including phenoxy) is 2. The van der Waals surface area contributed by atoms with Crippen molar-refractivity contribution in [3.63, 3.8) is 0 Å². The van der Waals surface area contributed by atoms with E-state index in [0.717, 1.165) is 31.7 Å². The normalized spacial score (nSPS) is 10.3. The summed E-state index contributed by atoms with van der Waals surface area (Å²) in [6, 6.07) is 8.05. The maximum absolute atomic E-state index is 11.1. The number of carbonyl (C=O) groups is 1. The average Bonchev–Trinajstić information content (AvgIpc) is 2.46. The summed E-state index contributed by atoms with van der Waals surface area (Å²) in [6.45, 7) is 6.55. The van der Waals surface area contributed by atoms with Crippen molar-refractivity contribution in [1.82, 2.24) is 5.32 Å². The summed E-state index contributed by atoms with van der Waals surface area (Å²) < 4.78 is 10.5. The molecule has 0 aromatic heterocycles. The summed E-state index contributed by atoms with van der Waals surface area (Å²) in [6.07, 6.45) is 2.63. The first-order valence-electron chi connectivity index (χ1n) is 7.34. The molecule has 4 nitrogen and oxygen atoms in total. The molecule has 0 aliphatic carbocycles. The van der Waals surface area contributed by atoms with Gasteiger partial charge in [-0.15, -0.1) is 0 Å². The second-order valence-corrected chi connectivity index (χ2v) is 4.58. The number of rotatable bonds is 10. The number of hydrogen-bond donors (Lipinski definition) is 1. The Balaban J connectivity index is 2.19. The summed E-state index contributed by atoms with van der Waals surface area (Å²) in [5, 5.41) is 3.22. The van der Waals surface area contributed by atoms with Crippen LogP contribution in [0, 0.1) is 0 Å². The van der Waals surface area contributed by atoms with E-state index in [9.17, 15) is 4.79 Å². The fourth-order valence-corrected chi connectivity index (χ4v) is 1.69. The first-order chi connectivity index (χ1) is 9.76. The Morgan fingerprint density at radius 1 is 1.20 bits per heavy atom. The number of unbranched alkanes of at least 4 members (excludes halogenated alkanes) is 1. The summed E-state index contributed by atoms with van der Waals surface area (Å²) in [4.78, 5) is 11.1. The molecule has 1 aromatic rings. The van der Waals surface area contributed by atoms with Gasteiger partial charge in [-0.2, -0.15) is 0 Å². The predicted octanol–water partition coefficient (Wildman–Crippen LogP) is 2.91.